The van der Waals surface area contributed by atoms with Crippen molar-refractivity contribution in [2.24, 2.45) is 0 Å². The lowest BCUT2D eigenvalue weighted by Gasteiger charge is -2.28. The van der Waals surface area contributed by atoms with E-state index in [4.69, 9.17) is 4.74 Å². The monoisotopic (exact) mass is 300 g/mol. The van der Waals surface area contributed by atoms with Crippen LogP contribution in [0.25, 0.3) is 0 Å². The molecule has 2 atom stereocenters. The molecule has 0 aliphatic rings. The molecular weight excluding hydrogens is 279 g/mol. The van der Waals surface area contributed by atoms with Crippen LogP contribution in [0.5, 0.6) is 5.88 Å². The number of pyridine rings is 1. The van der Waals surface area contributed by atoms with Gasteiger partial charge < -0.3 is 9.29 Å². The summed E-state index contributed by atoms with van der Waals surface area (Å²) >= 11 is -1.29. The molecule has 0 amide bonds. The summed E-state index contributed by atoms with van der Waals surface area (Å²) in [5.74, 6) is -0.144. The van der Waals surface area contributed by atoms with Crippen molar-refractivity contribution in [2.75, 3.05) is 7.11 Å². The molecule has 0 saturated carbocycles. The van der Waals surface area contributed by atoms with Gasteiger partial charge in [-0.05, 0) is 33.3 Å². The maximum absolute atomic E-state index is 13.4. The summed E-state index contributed by atoms with van der Waals surface area (Å²) in [7, 11) is 1.47. The predicted molar refractivity (Wildman–Crippen MR) is 79.3 cm³/mol. The summed E-state index contributed by atoms with van der Waals surface area (Å²) in [5, 5.41) is 0. The fraction of sp³-hybridized carbons (Fsp3) is 0.500. The number of aromatic nitrogens is 1. The molecule has 112 valence electrons. The van der Waals surface area contributed by atoms with Gasteiger partial charge in [-0.1, -0.05) is 6.08 Å². The first kappa shape index (κ1) is 16.9. The molecule has 0 saturated heterocycles. The summed E-state index contributed by atoms with van der Waals surface area (Å²) in [6.07, 6.45) is 3.26. The van der Waals surface area contributed by atoms with Crippen molar-refractivity contribution >= 4 is 11.4 Å². The van der Waals surface area contributed by atoms with Gasteiger partial charge in [0.1, 0.15) is 10.6 Å². The van der Waals surface area contributed by atoms with Crippen molar-refractivity contribution in [3.63, 3.8) is 0 Å². The standard InChI is InChI=1S/C14H21FN2O2S/c1-6-7-12(17-20(18)14(2,3)4)11-8-10(15)9-16-13(11)19-5/h6,8-9,12,17H,1,7H2,2-5H3/t12-,20-/m1/s1. The number of hydrogen-bond donors (Lipinski definition) is 1. The summed E-state index contributed by atoms with van der Waals surface area (Å²) < 4.78 is 33.3. The first-order valence-corrected chi connectivity index (χ1v) is 7.43. The van der Waals surface area contributed by atoms with Crippen LogP contribution in [0.15, 0.2) is 24.9 Å². The van der Waals surface area contributed by atoms with Gasteiger partial charge in [0, 0.05) is 16.9 Å². The van der Waals surface area contributed by atoms with Crippen molar-refractivity contribution in [3.8, 4) is 5.88 Å². The average molecular weight is 300 g/mol. The van der Waals surface area contributed by atoms with Crippen LogP contribution in [0.4, 0.5) is 4.39 Å². The number of methoxy groups -OCH3 is 1. The Morgan fingerprint density at radius 2 is 2.25 bits per heavy atom. The molecule has 0 fully saturated rings. The zero-order chi connectivity index (χ0) is 15.3. The second-order valence-corrected chi connectivity index (χ2v) is 7.33. The minimum absolute atomic E-state index is 0.316. The third-order valence-electron chi connectivity index (χ3n) is 2.62. The number of hydrogen-bond acceptors (Lipinski definition) is 4. The van der Waals surface area contributed by atoms with Crippen LogP contribution in [0.3, 0.4) is 0 Å². The Bertz CT molecular complexity index is 463. The van der Waals surface area contributed by atoms with Gasteiger partial charge >= 0.3 is 0 Å². The van der Waals surface area contributed by atoms with Gasteiger partial charge in [-0.2, -0.15) is 0 Å². The van der Waals surface area contributed by atoms with E-state index in [0.29, 0.717) is 17.9 Å². The van der Waals surface area contributed by atoms with Gasteiger partial charge in [-0.25, -0.2) is 9.37 Å². The highest BCUT2D eigenvalue weighted by atomic mass is 32.2. The van der Waals surface area contributed by atoms with Crippen molar-refractivity contribution in [2.45, 2.75) is 38.0 Å². The second kappa shape index (κ2) is 7.06. The molecule has 0 unspecified atom stereocenters. The zero-order valence-electron chi connectivity index (χ0n) is 12.3. The Morgan fingerprint density at radius 3 is 2.75 bits per heavy atom. The maximum atomic E-state index is 13.4. The average Bonchev–Trinajstić information content (AvgIpc) is 2.37. The van der Waals surface area contributed by atoms with Gasteiger partial charge in [0.25, 0.3) is 0 Å². The highest BCUT2D eigenvalue weighted by molar-refractivity contribution is 7.90. The van der Waals surface area contributed by atoms with Crippen LogP contribution in [0.2, 0.25) is 0 Å². The summed E-state index contributed by atoms with van der Waals surface area (Å²) in [6, 6.07) is 0.970. The predicted octanol–water partition coefficient (Wildman–Crippen LogP) is 2.90. The molecule has 0 spiro atoms. The Balaban J connectivity index is 3.07. The Kier molecular flexibility index (Phi) is 5.98. The molecule has 0 bridgehead atoms. The van der Waals surface area contributed by atoms with Crippen LogP contribution in [0.1, 0.15) is 38.8 Å². The Morgan fingerprint density at radius 1 is 1.60 bits per heavy atom. The van der Waals surface area contributed by atoms with E-state index in [0.717, 1.165) is 6.20 Å². The Labute approximate surface area is 122 Å². The number of ether oxygens (including phenoxy) is 1. The first-order valence-electron chi connectivity index (χ1n) is 6.28. The molecule has 1 rings (SSSR count). The molecule has 0 aliphatic carbocycles. The van der Waals surface area contributed by atoms with Crippen LogP contribution in [-0.2, 0) is 11.4 Å². The quantitative estimate of drug-likeness (QED) is 0.648. The number of rotatable bonds is 6. The van der Waals surface area contributed by atoms with Crippen molar-refractivity contribution in [1.29, 1.82) is 0 Å². The van der Waals surface area contributed by atoms with E-state index in [1.165, 1.54) is 13.2 Å². The van der Waals surface area contributed by atoms with Crippen LogP contribution >= 0.6 is 0 Å². The lowest BCUT2D eigenvalue weighted by molar-refractivity contribution is 0.383. The van der Waals surface area contributed by atoms with Crippen molar-refractivity contribution < 1.29 is 13.7 Å². The van der Waals surface area contributed by atoms with E-state index in [2.05, 4.69) is 16.3 Å². The lowest BCUT2D eigenvalue weighted by Crippen LogP contribution is -2.41. The molecule has 1 N–H and O–H groups in total. The van der Waals surface area contributed by atoms with Gasteiger partial charge in [0.05, 0.1) is 19.3 Å². The largest absolute Gasteiger partial charge is 0.598 e. The van der Waals surface area contributed by atoms with E-state index in [-0.39, 0.29) is 6.04 Å². The maximum Gasteiger partial charge on any atom is 0.218 e. The molecule has 1 aromatic rings. The second-order valence-electron chi connectivity index (χ2n) is 5.33. The minimum Gasteiger partial charge on any atom is -0.598 e. The highest BCUT2D eigenvalue weighted by Crippen LogP contribution is 2.28. The van der Waals surface area contributed by atoms with Crippen molar-refractivity contribution in [3.05, 3.63) is 36.3 Å². The minimum atomic E-state index is -1.29. The smallest absolute Gasteiger partial charge is 0.218 e. The molecule has 20 heavy (non-hydrogen) atoms. The lowest BCUT2D eigenvalue weighted by atomic mass is 10.1. The molecular formula is C14H21FN2O2S. The Hall–Kier alpha value is -1.11. The van der Waals surface area contributed by atoms with Gasteiger partial charge in [0.15, 0.2) is 0 Å². The third kappa shape index (κ3) is 4.47. The van der Waals surface area contributed by atoms with Gasteiger partial charge in [-0.15, -0.1) is 11.3 Å². The molecule has 0 aromatic carbocycles. The first-order chi connectivity index (χ1) is 9.29. The molecule has 6 heteroatoms. The van der Waals surface area contributed by atoms with Gasteiger partial charge in [-0.3, -0.25) is 0 Å². The highest BCUT2D eigenvalue weighted by Gasteiger charge is 2.30. The molecule has 0 radical (unpaired) electrons. The van der Waals surface area contributed by atoms with Crippen LogP contribution < -0.4 is 9.46 Å². The third-order valence-corrected chi connectivity index (χ3v) is 4.23. The summed E-state index contributed by atoms with van der Waals surface area (Å²) in [4.78, 5) is 3.90. The molecule has 1 aromatic heterocycles. The van der Waals surface area contributed by atoms with Crippen LogP contribution in [0, 0.1) is 5.82 Å². The van der Waals surface area contributed by atoms with Gasteiger partial charge in [0.2, 0.25) is 5.88 Å². The topological polar surface area (TPSA) is 57.2 Å². The SMILES string of the molecule is C=CC[C@@H](N[S@+]([O-])C(C)(C)C)c1cc(F)cnc1OC. The van der Waals surface area contributed by atoms with E-state index < -0.39 is 21.9 Å². The van der Waals surface area contributed by atoms with E-state index >= 15 is 0 Å². The summed E-state index contributed by atoms with van der Waals surface area (Å²) in [6.45, 7) is 9.27. The number of nitrogens with zero attached hydrogens (tertiary/aromatic N) is 1. The van der Waals surface area contributed by atoms with E-state index in [1.54, 1.807) is 6.08 Å². The molecule has 1 heterocycles. The zero-order valence-corrected chi connectivity index (χ0v) is 13.1. The van der Waals surface area contributed by atoms with E-state index in [1.807, 2.05) is 20.8 Å². The fourth-order valence-electron chi connectivity index (χ4n) is 1.57. The molecule has 4 nitrogen and oxygen atoms in total. The van der Waals surface area contributed by atoms with Crippen molar-refractivity contribution in [1.82, 2.24) is 9.71 Å². The number of nitrogens with one attached hydrogen (secondary N) is 1. The fourth-order valence-corrected chi connectivity index (χ4v) is 2.41. The van der Waals surface area contributed by atoms with E-state index in [9.17, 15) is 8.94 Å². The van der Waals surface area contributed by atoms with Crippen LogP contribution in [-0.4, -0.2) is 21.4 Å². The summed E-state index contributed by atoms with van der Waals surface area (Å²) in [5.41, 5.74) is 0.532. The normalized spacial score (nSPS) is 14.7. The number of halogens is 1. The molecule has 0 aliphatic heterocycles.